The van der Waals surface area contributed by atoms with Gasteiger partial charge in [-0.05, 0) is 57.6 Å². The lowest BCUT2D eigenvalue weighted by molar-refractivity contribution is 0.476. The Hall–Kier alpha value is -0.830. The Bertz CT molecular complexity index is 370. The molecule has 2 unspecified atom stereocenters. The van der Waals surface area contributed by atoms with E-state index in [-0.39, 0.29) is 0 Å². The van der Waals surface area contributed by atoms with Crippen molar-refractivity contribution in [2.45, 2.75) is 65.5 Å². The van der Waals surface area contributed by atoms with Crippen molar-refractivity contribution in [1.82, 2.24) is 15.1 Å². The van der Waals surface area contributed by atoms with Gasteiger partial charge >= 0.3 is 0 Å². The minimum atomic E-state index is 0.753. The van der Waals surface area contributed by atoms with Gasteiger partial charge in [0.05, 0.1) is 5.69 Å². The summed E-state index contributed by atoms with van der Waals surface area (Å²) in [5, 5.41) is 8.23. The maximum atomic E-state index is 4.65. The molecule has 0 amide bonds. The molecule has 1 aliphatic carbocycles. The third-order valence-corrected chi connectivity index (χ3v) is 4.11. The second-order valence-corrected chi connectivity index (χ2v) is 5.43. The van der Waals surface area contributed by atoms with Gasteiger partial charge in [0.2, 0.25) is 0 Å². The van der Waals surface area contributed by atoms with Crippen molar-refractivity contribution in [1.29, 1.82) is 0 Å². The van der Waals surface area contributed by atoms with Gasteiger partial charge in [-0.25, -0.2) is 0 Å². The van der Waals surface area contributed by atoms with Gasteiger partial charge in [-0.1, -0.05) is 13.8 Å². The summed E-state index contributed by atoms with van der Waals surface area (Å²) in [6.45, 7) is 8.67. The number of hydrogen-bond donors (Lipinski definition) is 1. The predicted molar refractivity (Wildman–Crippen MR) is 75.8 cm³/mol. The fraction of sp³-hybridized carbons (Fsp3) is 0.800. The molecule has 2 atom stereocenters. The highest BCUT2D eigenvalue weighted by Crippen LogP contribution is 2.28. The lowest BCUT2D eigenvalue weighted by atomic mass is 10.0. The van der Waals surface area contributed by atoms with E-state index < -0.39 is 0 Å². The highest BCUT2D eigenvalue weighted by molar-refractivity contribution is 5.11. The van der Waals surface area contributed by atoms with Crippen LogP contribution in [0.15, 0.2) is 6.07 Å². The Morgan fingerprint density at radius 2 is 2.17 bits per heavy atom. The molecule has 3 nitrogen and oxygen atoms in total. The van der Waals surface area contributed by atoms with Crippen LogP contribution >= 0.6 is 0 Å². The average molecular weight is 249 g/mol. The van der Waals surface area contributed by atoms with E-state index in [0.29, 0.717) is 0 Å². The zero-order valence-electron chi connectivity index (χ0n) is 12.1. The summed E-state index contributed by atoms with van der Waals surface area (Å²) in [5.74, 6) is 0.848. The van der Waals surface area contributed by atoms with E-state index in [0.717, 1.165) is 31.5 Å². The summed E-state index contributed by atoms with van der Waals surface area (Å²) in [6, 6.07) is 3.06. The van der Waals surface area contributed by atoms with Crippen LogP contribution in [0.2, 0.25) is 0 Å². The van der Waals surface area contributed by atoms with E-state index in [9.17, 15) is 0 Å². The van der Waals surface area contributed by atoms with E-state index in [2.05, 4.69) is 41.9 Å². The van der Waals surface area contributed by atoms with Gasteiger partial charge in [-0.3, -0.25) is 4.68 Å². The second-order valence-electron chi connectivity index (χ2n) is 5.43. The fourth-order valence-electron chi connectivity index (χ4n) is 3.16. The molecule has 102 valence electrons. The van der Waals surface area contributed by atoms with Crippen LogP contribution in [0.25, 0.3) is 0 Å². The average Bonchev–Trinajstić information content (AvgIpc) is 2.97. The molecule has 1 aliphatic rings. The van der Waals surface area contributed by atoms with Crippen LogP contribution in [0.1, 0.15) is 51.4 Å². The van der Waals surface area contributed by atoms with Crippen molar-refractivity contribution in [2.75, 3.05) is 6.54 Å². The molecule has 1 fully saturated rings. The molecule has 0 saturated heterocycles. The van der Waals surface area contributed by atoms with Crippen molar-refractivity contribution >= 4 is 0 Å². The highest BCUT2D eigenvalue weighted by Gasteiger charge is 2.25. The molecule has 1 N–H and O–H groups in total. The summed E-state index contributed by atoms with van der Waals surface area (Å²) in [5.41, 5.74) is 2.68. The third-order valence-electron chi connectivity index (χ3n) is 4.11. The van der Waals surface area contributed by atoms with Crippen LogP contribution in [0.5, 0.6) is 0 Å². The predicted octanol–water partition coefficient (Wildman–Crippen LogP) is 2.79. The van der Waals surface area contributed by atoms with E-state index in [1.54, 1.807) is 0 Å². The van der Waals surface area contributed by atoms with Gasteiger partial charge in [0.25, 0.3) is 0 Å². The van der Waals surface area contributed by atoms with E-state index in [4.69, 9.17) is 0 Å². The molecular weight excluding hydrogens is 222 g/mol. The normalized spacial score (nSPS) is 23.7. The number of aromatic nitrogens is 2. The summed E-state index contributed by atoms with van der Waals surface area (Å²) in [4.78, 5) is 0. The molecule has 1 aromatic rings. The summed E-state index contributed by atoms with van der Waals surface area (Å²) in [7, 11) is 0. The molecule has 1 heterocycles. The second kappa shape index (κ2) is 6.37. The van der Waals surface area contributed by atoms with Crippen LogP contribution in [0.4, 0.5) is 0 Å². The monoisotopic (exact) mass is 249 g/mol. The molecule has 0 bridgehead atoms. The minimum absolute atomic E-state index is 0.753. The van der Waals surface area contributed by atoms with Gasteiger partial charge in [0, 0.05) is 18.3 Å². The van der Waals surface area contributed by atoms with Crippen LogP contribution in [-0.2, 0) is 19.4 Å². The van der Waals surface area contributed by atoms with Crippen molar-refractivity contribution in [3.8, 4) is 0 Å². The topological polar surface area (TPSA) is 29.9 Å². The van der Waals surface area contributed by atoms with Crippen molar-refractivity contribution in [3.05, 3.63) is 17.5 Å². The van der Waals surface area contributed by atoms with Gasteiger partial charge in [0.1, 0.15) is 0 Å². The zero-order valence-corrected chi connectivity index (χ0v) is 12.1. The van der Waals surface area contributed by atoms with E-state index in [1.165, 1.54) is 37.1 Å². The van der Waals surface area contributed by atoms with E-state index >= 15 is 0 Å². The summed E-state index contributed by atoms with van der Waals surface area (Å²) < 4.78 is 2.19. The van der Waals surface area contributed by atoms with Crippen molar-refractivity contribution in [2.24, 2.45) is 5.92 Å². The summed E-state index contributed by atoms with van der Waals surface area (Å²) >= 11 is 0. The number of rotatable bonds is 6. The standard InChI is InChI=1S/C15H27N3/c1-4-13-11-15(18(6-3)17-13)10-12-7-8-14(9-12)16-5-2/h11-12,14,16H,4-10H2,1-3H3. The number of nitrogens with one attached hydrogen (secondary N) is 1. The first-order valence-electron chi connectivity index (χ1n) is 7.55. The SMILES string of the molecule is CCNC1CCC(Cc2cc(CC)nn2CC)C1. The lowest BCUT2D eigenvalue weighted by Crippen LogP contribution is -2.26. The molecule has 0 spiro atoms. The molecule has 1 saturated carbocycles. The van der Waals surface area contributed by atoms with E-state index in [1.807, 2.05) is 0 Å². The van der Waals surface area contributed by atoms with Crippen molar-refractivity contribution in [3.63, 3.8) is 0 Å². The summed E-state index contributed by atoms with van der Waals surface area (Å²) in [6.07, 6.45) is 6.31. The first-order chi connectivity index (χ1) is 8.76. The number of nitrogens with zero attached hydrogens (tertiary/aromatic N) is 2. The molecular formula is C15H27N3. The molecule has 18 heavy (non-hydrogen) atoms. The van der Waals surface area contributed by atoms with Gasteiger partial charge < -0.3 is 5.32 Å². The Balaban J connectivity index is 1.95. The molecule has 2 rings (SSSR count). The third kappa shape index (κ3) is 3.14. The zero-order chi connectivity index (χ0) is 13.0. The number of hydrogen-bond acceptors (Lipinski definition) is 2. The first kappa shape index (κ1) is 13.6. The molecule has 3 heteroatoms. The van der Waals surface area contributed by atoms with Crippen LogP contribution in [-0.4, -0.2) is 22.4 Å². The molecule has 1 aromatic heterocycles. The Labute approximate surface area is 111 Å². The van der Waals surface area contributed by atoms with Crippen LogP contribution in [0.3, 0.4) is 0 Å². The minimum Gasteiger partial charge on any atom is -0.314 e. The smallest absolute Gasteiger partial charge is 0.0624 e. The highest BCUT2D eigenvalue weighted by atomic mass is 15.3. The molecule has 0 aromatic carbocycles. The van der Waals surface area contributed by atoms with Gasteiger partial charge in [0.15, 0.2) is 0 Å². The maximum Gasteiger partial charge on any atom is 0.0624 e. The van der Waals surface area contributed by atoms with Gasteiger partial charge in [-0.2, -0.15) is 5.10 Å². The Morgan fingerprint density at radius 1 is 1.33 bits per heavy atom. The lowest BCUT2D eigenvalue weighted by Gasteiger charge is -2.12. The Kier molecular flexibility index (Phi) is 4.81. The fourth-order valence-corrected chi connectivity index (χ4v) is 3.16. The van der Waals surface area contributed by atoms with Crippen molar-refractivity contribution < 1.29 is 0 Å². The quantitative estimate of drug-likeness (QED) is 0.840. The molecule has 0 aliphatic heterocycles. The van der Waals surface area contributed by atoms with Gasteiger partial charge in [-0.15, -0.1) is 0 Å². The first-order valence-corrected chi connectivity index (χ1v) is 7.55. The largest absolute Gasteiger partial charge is 0.314 e. The molecule has 0 radical (unpaired) electrons. The Morgan fingerprint density at radius 3 is 2.83 bits per heavy atom. The maximum absolute atomic E-state index is 4.65. The number of aryl methyl sites for hydroxylation is 2. The van der Waals surface area contributed by atoms with Crippen LogP contribution in [0, 0.1) is 5.92 Å². The van der Waals surface area contributed by atoms with Crippen LogP contribution < -0.4 is 5.32 Å².